The molecule has 3 heterocycles. The Hall–Kier alpha value is -1.91. The van der Waals surface area contributed by atoms with Crippen molar-refractivity contribution in [2.24, 2.45) is 5.73 Å². The van der Waals surface area contributed by atoms with Crippen LogP contribution in [0.2, 0.25) is 0 Å². The van der Waals surface area contributed by atoms with Gasteiger partial charge in [0.25, 0.3) is 0 Å². The quantitative estimate of drug-likeness (QED) is 0.477. The van der Waals surface area contributed by atoms with Gasteiger partial charge in [-0.1, -0.05) is 32.1 Å². The fourth-order valence-corrected chi connectivity index (χ4v) is 3.49. The van der Waals surface area contributed by atoms with E-state index in [1.807, 2.05) is 18.5 Å². The molecule has 27 heavy (non-hydrogen) atoms. The number of rotatable bonds is 10. The van der Waals surface area contributed by atoms with Gasteiger partial charge in [-0.05, 0) is 62.6 Å². The van der Waals surface area contributed by atoms with Gasteiger partial charge in [0, 0.05) is 24.2 Å². The Morgan fingerprint density at radius 1 is 1.00 bits per heavy atom. The third kappa shape index (κ3) is 5.78. The van der Waals surface area contributed by atoms with Crippen LogP contribution in [0.3, 0.4) is 0 Å². The molecule has 5 heteroatoms. The summed E-state index contributed by atoms with van der Waals surface area (Å²) in [5.74, 6) is 0. The van der Waals surface area contributed by atoms with Gasteiger partial charge in [-0.15, -0.1) is 12.4 Å². The van der Waals surface area contributed by atoms with Crippen molar-refractivity contribution in [2.75, 3.05) is 6.54 Å². The van der Waals surface area contributed by atoms with Crippen LogP contribution in [0.25, 0.3) is 16.9 Å². The zero-order valence-corrected chi connectivity index (χ0v) is 17.0. The number of imidazole rings is 1. The molecule has 0 atom stereocenters. The first-order valence-corrected chi connectivity index (χ1v) is 9.87. The first kappa shape index (κ1) is 21.4. The maximum Gasteiger partial charge on any atom is 0.137 e. The van der Waals surface area contributed by atoms with Crippen LogP contribution in [-0.4, -0.2) is 20.9 Å². The summed E-state index contributed by atoms with van der Waals surface area (Å²) in [6.45, 7) is 2.94. The van der Waals surface area contributed by atoms with Crippen molar-refractivity contribution in [3.05, 3.63) is 54.1 Å². The van der Waals surface area contributed by atoms with Crippen LogP contribution >= 0.6 is 12.4 Å². The van der Waals surface area contributed by atoms with Crippen molar-refractivity contribution in [1.29, 1.82) is 0 Å². The number of aromatic nitrogens is 3. The van der Waals surface area contributed by atoms with E-state index in [9.17, 15) is 0 Å². The van der Waals surface area contributed by atoms with Gasteiger partial charge < -0.3 is 10.1 Å². The molecule has 146 valence electrons. The molecule has 3 aromatic rings. The minimum Gasteiger partial charge on any atom is -0.330 e. The third-order valence-corrected chi connectivity index (χ3v) is 4.93. The highest BCUT2D eigenvalue weighted by atomic mass is 35.5. The number of halogens is 1. The van der Waals surface area contributed by atoms with E-state index < -0.39 is 0 Å². The number of nitrogens with two attached hydrogens (primary N) is 1. The smallest absolute Gasteiger partial charge is 0.137 e. The molecule has 4 nitrogen and oxygen atoms in total. The van der Waals surface area contributed by atoms with Gasteiger partial charge in [0.1, 0.15) is 5.65 Å². The van der Waals surface area contributed by atoms with Gasteiger partial charge in [0.05, 0.1) is 11.4 Å². The standard InChI is InChI=1S/C22H30N4.ClH/c1-18-12-15-26-20(11-7-5-3-2-4-6-8-13-23)22(25-21(26)16-18)19-10-9-14-24-17-19;/h9-10,12,14-17H,2-8,11,13,23H2,1H3;1H. The first-order chi connectivity index (χ1) is 12.8. The predicted octanol–water partition coefficient (Wildman–Crippen LogP) is 5.36. The number of aryl methyl sites for hydroxylation is 2. The third-order valence-electron chi connectivity index (χ3n) is 4.93. The Balaban J connectivity index is 0.00000261. The molecule has 0 amide bonds. The molecule has 0 unspecified atom stereocenters. The molecular formula is C22H31ClN4. The first-order valence-electron chi connectivity index (χ1n) is 9.87. The highest BCUT2D eigenvalue weighted by molar-refractivity contribution is 5.85. The Kier molecular flexibility index (Phi) is 8.76. The number of pyridine rings is 2. The second kappa shape index (κ2) is 11.1. The predicted molar refractivity (Wildman–Crippen MR) is 115 cm³/mol. The molecule has 0 aliphatic carbocycles. The van der Waals surface area contributed by atoms with Crippen molar-refractivity contribution in [3.63, 3.8) is 0 Å². The molecule has 0 aliphatic rings. The number of nitrogens with zero attached hydrogens (tertiary/aromatic N) is 3. The summed E-state index contributed by atoms with van der Waals surface area (Å²) < 4.78 is 2.25. The maximum absolute atomic E-state index is 5.55. The van der Waals surface area contributed by atoms with E-state index in [0.717, 1.165) is 36.3 Å². The average Bonchev–Trinajstić information content (AvgIpc) is 3.02. The van der Waals surface area contributed by atoms with Crippen LogP contribution in [0.15, 0.2) is 42.9 Å². The van der Waals surface area contributed by atoms with Gasteiger partial charge >= 0.3 is 0 Å². The highest BCUT2D eigenvalue weighted by Gasteiger charge is 2.14. The minimum absolute atomic E-state index is 0. The minimum atomic E-state index is 0. The van der Waals surface area contributed by atoms with Crippen molar-refractivity contribution < 1.29 is 0 Å². The molecule has 0 aromatic carbocycles. The zero-order chi connectivity index (χ0) is 18.2. The van der Waals surface area contributed by atoms with Gasteiger partial charge in [-0.3, -0.25) is 4.98 Å². The van der Waals surface area contributed by atoms with Crippen LogP contribution in [0, 0.1) is 6.92 Å². The summed E-state index contributed by atoms with van der Waals surface area (Å²) in [5.41, 5.74) is 11.3. The maximum atomic E-state index is 5.55. The second-order valence-corrected chi connectivity index (χ2v) is 7.09. The lowest BCUT2D eigenvalue weighted by molar-refractivity contribution is 0.580. The summed E-state index contributed by atoms with van der Waals surface area (Å²) >= 11 is 0. The Morgan fingerprint density at radius 2 is 1.74 bits per heavy atom. The molecular weight excluding hydrogens is 356 g/mol. The summed E-state index contributed by atoms with van der Waals surface area (Å²) in [5, 5.41) is 0. The van der Waals surface area contributed by atoms with Gasteiger partial charge in [0.15, 0.2) is 0 Å². The molecule has 0 aliphatic heterocycles. The number of fused-ring (bicyclic) bond motifs is 1. The molecule has 3 rings (SSSR count). The van der Waals surface area contributed by atoms with Crippen molar-refractivity contribution in [3.8, 4) is 11.3 Å². The van der Waals surface area contributed by atoms with Crippen molar-refractivity contribution >= 4 is 18.1 Å². The SMILES string of the molecule is Cc1ccn2c(CCCCCCCCCN)c(-c3cccnc3)nc2c1.Cl. The zero-order valence-electron chi connectivity index (χ0n) is 16.2. The normalized spacial score (nSPS) is 10.9. The number of unbranched alkanes of at least 4 members (excludes halogenated alkanes) is 6. The summed E-state index contributed by atoms with van der Waals surface area (Å²) in [6.07, 6.45) is 15.8. The van der Waals surface area contributed by atoms with E-state index in [1.165, 1.54) is 49.8 Å². The Labute approximate surface area is 168 Å². The van der Waals surface area contributed by atoms with Gasteiger partial charge in [-0.2, -0.15) is 0 Å². The topological polar surface area (TPSA) is 56.2 Å². The van der Waals surface area contributed by atoms with Gasteiger partial charge in [-0.25, -0.2) is 4.98 Å². The lowest BCUT2D eigenvalue weighted by Gasteiger charge is -2.06. The lowest BCUT2D eigenvalue weighted by Crippen LogP contribution is -1.97. The molecule has 2 N–H and O–H groups in total. The average molecular weight is 387 g/mol. The molecule has 0 bridgehead atoms. The van der Waals surface area contributed by atoms with E-state index in [2.05, 4.69) is 40.7 Å². The molecule has 3 aromatic heterocycles. The molecule has 0 spiro atoms. The summed E-state index contributed by atoms with van der Waals surface area (Å²) in [7, 11) is 0. The van der Waals surface area contributed by atoms with E-state index in [0.29, 0.717) is 0 Å². The molecule has 0 fully saturated rings. The molecule has 0 saturated heterocycles. The van der Waals surface area contributed by atoms with E-state index in [-0.39, 0.29) is 12.4 Å². The van der Waals surface area contributed by atoms with Crippen LogP contribution in [-0.2, 0) is 6.42 Å². The van der Waals surface area contributed by atoms with E-state index >= 15 is 0 Å². The number of hydrogen-bond donors (Lipinski definition) is 1. The second-order valence-electron chi connectivity index (χ2n) is 7.09. The van der Waals surface area contributed by atoms with Crippen LogP contribution in [0.5, 0.6) is 0 Å². The summed E-state index contributed by atoms with van der Waals surface area (Å²) in [6, 6.07) is 8.39. The van der Waals surface area contributed by atoms with Crippen molar-refractivity contribution in [1.82, 2.24) is 14.4 Å². The fourth-order valence-electron chi connectivity index (χ4n) is 3.49. The molecule has 0 radical (unpaired) electrons. The monoisotopic (exact) mass is 386 g/mol. The largest absolute Gasteiger partial charge is 0.330 e. The van der Waals surface area contributed by atoms with Crippen LogP contribution in [0.1, 0.15) is 56.2 Å². The lowest BCUT2D eigenvalue weighted by atomic mass is 10.0. The fraction of sp³-hybridized carbons (Fsp3) is 0.455. The Bertz CT molecular complexity index is 814. The van der Waals surface area contributed by atoms with Gasteiger partial charge in [0.2, 0.25) is 0 Å². The van der Waals surface area contributed by atoms with Crippen LogP contribution in [0.4, 0.5) is 0 Å². The van der Waals surface area contributed by atoms with E-state index in [4.69, 9.17) is 10.7 Å². The highest BCUT2D eigenvalue weighted by Crippen LogP contribution is 2.26. The summed E-state index contributed by atoms with van der Waals surface area (Å²) in [4.78, 5) is 9.18. The Morgan fingerprint density at radius 3 is 2.44 bits per heavy atom. The van der Waals surface area contributed by atoms with E-state index in [1.54, 1.807) is 0 Å². The van der Waals surface area contributed by atoms with Crippen molar-refractivity contribution in [2.45, 2.75) is 58.3 Å². The molecule has 0 saturated carbocycles. The van der Waals surface area contributed by atoms with Crippen LogP contribution < -0.4 is 5.73 Å². The number of hydrogen-bond acceptors (Lipinski definition) is 3.